The van der Waals surface area contributed by atoms with Crippen LogP contribution in [0.3, 0.4) is 0 Å². The number of carbonyl (C=O) groups is 3. The Labute approximate surface area is 144 Å². The molecule has 7 nitrogen and oxygen atoms in total. The quantitative estimate of drug-likeness (QED) is 0.802. The average Bonchev–Trinajstić information content (AvgIpc) is 2.59. The molecular formula is C16H18ClN3O4. The maximum atomic E-state index is 12.6. The number of halogens is 1. The molecule has 8 heteroatoms. The topological polar surface area (TPSA) is 81.2 Å². The van der Waals surface area contributed by atoms with E-state index in [1.54, 1.807) is 29.2 Å². The van der Waals surface area contributed by atoms with Crippen molar-refractivity contribution in [2.75, 3.05) is 33.3 Å². The molecular weight excluding hydrogens is 334 g/mol. The van der Waals surface area contributed by atoms with Crippen molar-refractivity contribution in [3.63, 3.8) is 0 Å². The summed E-state index contributed by atoms with van der Waals surface area (Å²) in [4.78, 5) is 41.8. The summed E-state index contributed by atoms with van der Waals surface area (Å²) >= 11 is 5.92. The van der Waals surface area contributed by atoms with Gasteiger partial charge in [0.1, 0.15) is 12.1 Å². The molecule has 1 aromatic carbocycles. The smallest absolute Gasteiger partial charge is 0.254 e. The molecule has 2 aliphatic rings. The first-order valence-corrected chi connectivity index (χ1v) is 8.04. The van der Waals surface area contributed by atoms with Gasteiger partial charge in [-0.3, -0.25) is 14.4 Å². The molecule has 2 aliphatic heterocycles. The zero-order valence-electron chi connectivity index (χ0n) is 13.2. The number of hydrogen-bond acceptors (Lipinski definition) is 4. The van der Waals surface area contributed by atoms with E-state index < -0.39 is 18.7 Å². The molecule has 0 spiro atoms. The van der Waals surface area contributed by atoms with Crippen molar-refractivity contribution in [3.05, 3.63) is 34.9 Å². The van der Waals surface area contributed by atoms with Gasteiger partial charge in [-0.05, 0) is 18.2 Å². The SMILES string of the molecule is CN1C(=O)[C@H]2CN(C(=O)c3cccc(Cl)c3)CCN2C(=O)[C@@H]1CO. The van der Waals surface area contributed by atoms with Gasteiger partial charge in [0.05, 0.1) is 13.2 Å². The molecule has 0 radical (unpaired) electrons. The molecule has 24 heavy (non-hydrogen) atoms. The summed E-state index contributed by atoms with van der Waals surface area (Å²) in [6, 6.07) is 5.08. The lowest BCUT2D eigenvalue weighted by Gasteiger charge is -2.47. The van der Waals surface area contributed by atoms with Crippen molar-refractivity contribution in [1.82, 2.24) is 14.7 Å². The summed E-state index contributed by atoms with van der Waals surface area (Å²) in [6.45, 7) is 0.336. The minimum absolute atomic E-state index is 0.137. The van der Waals surface area contributed by atoms with Crippen molar-refractivity contribution >= 4 is 29.3 Å². The second-order valence-corrected chi connectivity index (χ2v) is 6.39. The van der Waals surface area contributed by atoms with E-state index in [1.807, 2.05) is 0 Å². The number of benzene rings is 1. The Morgan fingerprint density at radius 3 is 2.71 bits per heavy atom. The molecule has 2 saturated heterocycles. The standard InChI is InChI=1S/C16H18ClN3O4/c1-18-13(9-21)16(24)20-6-5-19(8-12(20)15(18)23)14(22)10-3-2-4-11(17)7-10/h2-4,7,12-13,21H,5-6,8-9H2,1H3/t12-,13+/m1/s1. The third-order valence-electron chi connectivity index (χ3n) is 4.58. The Bertz CT molecular complexity index is 696. The molecule has 128 valence electrons. The van der Waals surface area contributed by atoms with Crippen molar-refractivity contribution < 1.29 is 19.5 Å². The molecule has 2 atom stereocenters. The average molecular weight is 352 g/mol. The fourth-order valence-corrected chi connectivity index (χ4v) is 3.38. The fourth-order valence-electron chi connectivity index (χ4n) is 3.19. The van der Waals surface area contributed by atoms with Gasteiger partial charge in [0, 0.05) is 30.7 Å². The van der Waals surface area contributed by atoms with Crippen LogP contribution in [0.5, 0.6) is 0 Å². The van der Waals surface area contributed by atoms with Gasteiger partial charge in [-0.1, -0.05) is 17.7 Å². The largest absolute Gasteiger partial charge is 0.394 e. The lowest BCUT2D eigenvalue weighted by Crippen LogP contribution is -2.70. The maximum Gasteiger partial charge on any atom is 0.254 e. The lowest BCUT2D eigenvalue weighted by molar-refractivity contribution is -0.164. The second-order valence-electron chi connectivity index (χ2n) is 5.96. The molecule has 0 aromatic heterocycles. The van der Waals surface area contributed by atoms with Crippen LogP contribution in [0.15, 0.2) is 24.3 Å². The van der Waals surface area contributed by atoms with Crippen LogP contribution in [0.25, 0.3) is 0 Å². The molecule has 3 rings (SSSR count). The van der Waals surface area contributed by atoms with Crippen LogP contribution in [0, 0.1) is 0 Å². The van der Waals surface area contributed by atoms with Gasteiger partial charge >= 0.3 is 0 Å². The van der Waals surface area contributed by atoms with Gasteiger partial charge in [0.25, 0.3) is 5.91 Å². The van der Waals surface area contributed by atoms with Gasteiger partial charge in [0.15, 0.2) is 0 Å². The van der Waals surface area contributed by atoms with E-state index in [-0.39, 0.29) is 30.8 Å². The Morgan fingerprint density at radius 2 is 2.04 bits per heavy atom. The summed E-state index contributed by atoms with van der Waals surface area (Å²) in [5.41, 5.74) is 0.451. The second kappa shape index (κ2) is 6.41. The Balaban J connectivity index is 1.80. The molecule has 0 bridgehead atoms. The number of piperazine rings is 2. The molecule has 2 fully saturated rings. The predicted octanol–water partition coefficient (Wildman–Crippen LogP) is -0.174. The predicted molar refractivity (Wildman–Crippen MR) is 86.5 cm³/mol. The van der Waals surface area contributed by atoms with Crippen molar-refractivity contribution in [1.29, 1.82) is 0 Å². The van der Waals surface area contributed by atoms with Crippen molar-refractivity contribution in [2.45, 2.75) is 12.1 Å². The summed E-state index contributed by atoms with van der Waals surface area (Å²) in [5, 5.41) is 9.80. The highest BCUT2D eigenvalue weighted by Crippen LogP contribution is 2.22. The number of nitrogens with zero attached hydrogens (tertiary/aromatic N) is 3. The van der Waals surface area contributed by atoms with E-state index in [4.69, 9.17) is 11.6 Å². The summed E-state index contributed by atoms with van der Waals surface area (Å²) in [5.74, 6) is -0.763. The van der Waals surface area contributed by atoms with Gasteiger partial charge < -0.3 is 19.8 Å². The normalized spacial score (nSPS) is 24.2. The van der Waals surface area contributed by atoms with Crippen LogP contribution in [0.1, 0.15) is 10.4 Å². The molecule has 0 unspecified atom stereocenters. The summed E-state index contributed by atoms with van der Waals surface area (Å²) in [7, 11) is 1.50. The first kappa shape index (κ1) is 16.7. The summed E-state index contributed by atoms with van der Waals surface area (Å²) < 4.78 is 0. The van der Waals surface area contributed by atoms with E-state index in [0.717, 1.165) is 0 Å². The van der Waals surface area contributed by atoms with E-state index in [1.165, 1.54) is 16.8 Å². The molecule has 1 aromatic rings. The minimum Gasteiger partial charge on any atom is -0.394 e. The monoisotopic (exact) mass is 351 g/mol. The van der Waals surface area contributed by atoms with Gasteiger partial charge in [-0.25, -0.2) is 0 Å². The summed E-state index contributed by atoms with van der Waals surface area (Å²) in [6.07, 6.45) is 0. The number of hydrogen-bond donors (Lipinski definition) is 1. The highest BCUT2D eigenvalue weighted by Gasteiger charge is 2.47. The first-order valence-electron chi connectivity index (χ1n) is 7.67. The van der Waals surface area contributed by atoms with Crippen molar-refractivity contribution in [3.8, 4) is 0 Å². The number of rotatable bonds is 2. The van der Waals surface area contributed by atoms with Crippen LogP contribution in [-0.2, 0) is 9.59 Å². The Kier molecular flexibility index (Phi) is 4.47. The molecule has 3 amide bonds. The van der Waals surface area contributed by atoms with Gasteiger partial charge in [0.2, 0.25) is 11.8 Å². The molecule has 2 heterocycles. The Hall–Kier alpha value is -2.12. The number of likely N-dealkylation sites (N-methyl/N-ethyl adjacent to an activating group) is 1. The van der Waals surface area contributed by atoms with Gasteiger partial charge in [-0.2, -0.15) is 0 Å². The van der Waals surface area contributed by atoms with E-state index in [0.29, 0.717) is 17.1 Å². The molecule has 1 N–H and O–H groups in total. The van der Waals surface area contributed by atoms with Crippen LogP contribution in [-0.4, -0.2) is 82.9 Å². The number of aliphatic hydroxyl groups is 1. The van der Waals surface area contributed by atoms with Crippen LogP contribution < -0.4 is 0 Å². The minimum atomic E-state index is -0.844. The number of fused-ring (bicyclic) bond motifs is 1. The van der Waals surface area contributed by atoms with Crippen LogP contribution >= 0.6 is 11.6 Å². The third kappa shape index (κ3) is 2.74. The maximum absolute atomic E-state index is 12.6. The van der Waals surface area contributed by atoms with Crippen LogP contribution in [0.2, 0.25) is 5.02 Å². The number of aliphatic hydroxyl groups excluding tert-OH is 1. The Morgan fingerprint density at radius 1 is 1.29 bits per heavy atom. The zero-order chi connectivity index (χ0) is 17.4. The highest BCUT2D eigenvalue weighted by atomic mass is 35.5. The third-order valence-corrected chi connectivity index (χ3v) is 4.82. The van der Waals surface area contributed by atoms with E-state index >= 15 is 0 Å². The first-order chi connectivity index (χ1) is 11.4. The van der Waals surface area contributed by atoms with Gasteiger partial charge in [-0.15, -0.1) is 0 Å². The van der Waals surface area contributed by atoms with Crippen molar-refractivity contribution in [2.24, 2.45) is 0 Å². The molecule has 0 aliphatic carbocycles. The zero-order valence-corrected chi connectivity index (χ0v) is 13.9. The fraction of sp³-hybridized carbons (Fsp3) is 0.438. The molecule has 0 saturated carbocycles. The van der Waals surface area contributed by atoms with E-state index in [2.05, 4.69) is 0 Å². The number of carbonyl (C=O) groups excluding carboxylic acids is 3. The van der Waals surface area contributed by atoms with Crippen LogP contribution in [0.4, 0.5) is 0 Å². The lowest BCUT2D eigenvalue weighted by atomic mass is 10.0. The van der Waals surface area contributed by atoms with E-state index in [9.17, 15) is 19.5 Å². The number of amides is 3. The highest BCUT2D eigenvalue weighted by molar-refractivity contribution is 6.30.